The Hall–Kier alpha value is -3.72. The average molecular weight is 693 g/mol. The van der Waals surface area contributed by atoms with E-state index >= 15 is 0 Å². The summed E-state index contributed by atoms with van der Waals surface area (Å²) in [6.45, 7) is 21.9. The third-order valence-electron chi connectivity index (χ3n) is 5.89. The maximum absolute atomic E-state index is 12.7. The molecule has 2 aliphatic rings. The van der Waals surface area contributed by atoms with E-state index in [4.69, 9.17) is 4.74 Å². The Morgan fingerprint density at radius 3 is 2.12 bits per heavy atom. The molecular weight excluding hydrogens is 632 g/mol. The van der Waals surface area contributed by atoms with Crippen LogP contribution in [0.15, 0.2) is 63.3 Å². The van der Waals surface area contributed by atoms with Crippen LogP contribution in [-0.2, 0) is 22.0 Å². The molecule has 0 unspecified atom stereocenters. The summed E-state index contributed by atoms with van der Waals surface area (Å²) in [7, 11) is 2.69. The first kappa shape index (κ1) is 46.4. The fraction of sp³-hybridized carbons (Fsp3) is 0.559. The molecule has 0 aromatic heterocycles. The summed E-state index contributed by atoms with van der Waals surface area (Å²) < 4.78 is 32.9. The zero-order chi connectivity index (χ0) is 37.4. The van der Waals surface area contributed by atoms with E-state index in [-0.39, 0.29) is 23.4 Å². The van der Waals surface area contributed by atoms with E-state index < -0.39 is 21.5 Å². The van der Waals surface area contributed by atoms with Crippen LogP contribution in [0.5, 0.6) is 0 Å². The number of allylic oxidation sites excluding steroid dienone is 7. The lowest BCUT2D eigenvalue weighted by Gasteiger charge is -2.17. The fourth-order valence-corrected chi connectivity index (χ4v) is 4.11. The molecule has 0 aliphatic carbocycles. The number of nitrogens with zero attached hydrogens (tertiary/aromatic N) is 6. The molecule has 2 aliphatic heterocycles. The third kappa shape index (κ3) is 15.9. The molecule has 2 N–H and O–H groups in total. The maximum atomic E-state index is 12.7. The number of methoxy groups -OCH3 is 1. The summed E-state index contributed by atoms with van der Waals surface area (Å²) in [4.78, 5) is 33.1. The molecule has 0 saturated carbocycles. The first-order valence-electron chi connectivity index (χ1n) is 16.4. The third-order valence-corrected chi connectivity index (χ3v) is 7.50. The van der Waals surface area contributed by atoms with Gasteiger partial charge in [0.1, 0.15) is 0 Å². The minimum absolute atomic E-state index is 0.0622. The molecule has 0 spiro atoms. The zero-order valence-corrected chi connectivity index (χ0v) is 32.4. The molecule has 0 aromatic carbocycles. The van der Waals surface area contributed by atoms with Crippen LogP contribution in [0.3, 0.4) is 0 Å². The van der Waals surface area contributed by atoms with Crippen molar-refractivity contribution in [3.63, 3.8) is 0 Å². The van der Waals surface area contributed by atoms with Crippen molar-refractivity contribution < 1.29 is 13.2 Å². The lowest BCUT2D eigenvalue weighted by Crippen LogP contribution is -2.37. The SMILES string of the molecule is CC.CC.CCNS(=O)(=O)N(C)C.C\C=C/C(=C\C=C(C)\C=C\C=C(/OC)c1nc2c(=O)n(C)c(=O)nc-2n(C(C)C)n1)CNCCC. The van der Waals surface area contributed by atoms with Crippen molar-refractivity contribution in [2.24, 2.45) is 7.05 Å². The molecule has 13 nitrogen and oxygen atoms in total. The summed E-state index contributed by atoms with van der Waals surface area (Å²) in [6, 6.07) is -0.151. The van der Waals surface area contributed by atoms with Gasteiger partial charge in [0.05, 0.1) is 7.11 Å². The predicted octanol–water partition coefficient (Wildman–Crippen LogP) is 4.86. The monoisotopic (exact) mass is 692 g/mol. The van der Waals surface area contributed by atoms with Gasteiger partial charge in [0.2, 0.25) is 5.82 Å². The molecule has 0 radical (unpaired) electrons. The second kappa shape index (κ2) is 25.3. The van der Waals surface area contributed by atoms with Gasteiger partial charge in [-0.05, 0) is 52.3 Å². The minimum atomic E-state index is -3.16. The highest BCUT2D eigenvalue weighted by molar-refractivity contribution is 7.87. The van der Waals surface area contributed by atoms with Gasteiger partial charge in [-0.25, -0.2) is 19.2 Å². The molecule has 2 rings (SSSR count). The number of fused-ring (bicyclic) bond motifs is 1. The van der Waals surface area contributed by atoms with Gasteiger partial charge in [-0.2, -0.15) is 17.7 Å². The molecule has 48 heavy (non-hydrogen) atoms. The second-order valence-electron chi connectivity index (χ2n) is 10.1. The van der Waals surface area contributed by atoms with Gasteiger partial charge in [-0.15, -0.1) is 5.10 Å². The largest absolute Gasteiger partial charge is 0.493 e. The quantitative estimate of drug-likeness (QED) is 0.161. The van der Waals surface area contributed by atoms with Crippen LogP contribution in [-0.4, -0.2) is 77.9 Å². The standard InChI is InChI=1S/C26H36N6O3.C4H12N2O2S.2C2H6/c1-8-11-20(17-27-16-9-2)15-14-19(5)12-10-13-21(35-7)23-28-22-24(32(30-23)18(3)4)29-26(34)31(6)25(22)33;1-4-5-9(7,8)6(2)3;2*1-2/h8,10-15,18,27H,9,16-17H2,1-7H3;5H,4H2,1-3H3;2*1-2H3/b11-8-,12-10+,19-14+,20-15+,21-13-;;;. The average Bonchev–Trinajstić information content (AvgIpc) is 3.06. The first-order valence-corrected chi connectivity index (χ1v) is 17.9. The molecule has 0 atom stereocenters. The number of hydrogen-bond acceptors (Lipinski definition) is 9. The van der Waals surface area contributed by atoms with Gasteiger partial charge in [-0.1, -0.05) is 83.6 Å². The van der Waals surface area contributed by atoms with Gasteiger partial charge in [0.25, 0.3) is 15.8 Å². The van der Waals surface area contributed by atoms with Crippen molar-refractivity contribution in [3.05, 3.63) is 80.3 Å². The summed E-state index contributed by atoms with van der Waals surface area (Å²) in [6.07, 6.45) is 14.9. The summed E-state index contributed by atoms with van der Waals surface area (Å²) in [5, 5.41) is 7.90. The highest BCUT2D eigenvalue weighted by Crippen LogP contribution is 2.19. The second-order valence-corrected chi connectivity index (χ2v) is 12.1. The van der Waals surface area contributed by atoms with Crippen molar-refractivity contribution in [1.29, 1.82) is 0 Å². The van der Waals surface area contributed by atoms with E-state index in [1.807, 2.05) is 73.6 Å². The smallest absolute Gasteiger partial charge is 0.352 e. The van der Waals surface area contributed by atoms with E-state index in [9.17, 15) is 18.0 Å². The maximum Gasteiger partial charge on any atom is 0.352 e. The van der Waals surface area contributed by atoms with E-state index in [0.29, 0.717) is 12.3 Å². The van der Waals surface area contributed by atoms with Crippen LogP contribution in [0.1, 0.15) is 87.5 Å². The first-order chi connectivity index (χ1) is 22.7. The van der Waals surface area contributed by atoms with Crippen LogP contribution in [0, 0.1) is 0 Å². The number of rotatable bonds is 14. The molecule has 272 valence electrons. The fourth-order valence-electron chi connectivity index (χ4n) is 3.48. The minimum Gasteiger partial charge on any atom is -0.493 e. The highest BCUT2D eigenvalue weighted by atomic mass is 32.2. The number of hydrogen-bond donors (Lipinski definition) is 2. The summed E-state index contributed by atoms with van der Waals surface area (Å²) in [5.74, 6) is 0.765. The summed E-state index contributed by atoms with van der Waals surface area (Å²) >= 11 is 0. The topological polar surface area (TPSA) is 153 Å². The van der Waals surface area contributed by atoms with Crippen LogP contribution >= 0.6 is 0 Å². The van der Waals surface area contributed by atoms with Crippen molar-refractivity contribution in [1.82, 2.24) is 38.7 Å². The lowest BCUT2D eigenvalue weighted by atomic mass is 10.1. The van der Waals surface area contributed by atoms with Crippen LogP contribution < -0.4 is 21.3 Å². The molecule has 2 heterocycles. The Morgan fingerprint density at radius 1 is 1.02 bits per heavy atom. The zero-order valence-electron chi connectivity index (χ0n) is 31.6. The number of nitrogens with one attached hydrogen (secondary N) is 2. The van der Waals surface area contributed by atoms with Crippen molar-refractivity contribution >= 4 is 16.0 Å². The van der Waals surface area contributed by atoms with E-state index in [0.717, 1.165) is 34.0 Å². The molecule has 0 bridgehead atoms. The highest BCUT2D eigenvalue weighted by Gasteiger charge is 2.23. The summed E-state index contributed by atoms with van der Waals surface area (Å²) in [5.41, 5.74) is 1.13. The van der Waals surface area contributed by atoms with Gasteiger partial charge in [-0.3, -0.25) is 9.36 Å². The Bertz CT molecular complexity index is 1570. The van der Waals surface area contributed by atoms with E-state index in [2.05, 4.69) is 50.3 Å². The number of ether oxygens (including phenoxy) is 1. The number of aromatic nitrogens is 5. The normalized spacial score (nSPS) is 12.5. The molecule has 0 aromatic rings. The Labute approximate surface area is 288 Å². The van der Waals surface area contributed by atoms with Gasteiger partial charge < -0.3 is 10.1 Å². The van der Waals surface area contributed by atoms with Gasteiger partial charge in [0, 0.05) is 40.3 Å². The Morgan fingerprint density at radius 2 is 1.65 bits per heavy atom. The van der Waals surface area contributed by atoms with Crippen molar-refractivity contribution in [2.75, 3.05) is 40.8 Å². The van der Waals surface area contributed by atoms with Gasteiger partial charge >= 0.3 is 5.69 Å². The predicted molar refractivity (Wildman–Crippen MR) is 199 cm³/mol. The van der Waals surface area contributed by atoms with Gasteiger partial charge in [0.15, 0.2) is 17.3 Å². The van der Waals surface area contributed by atoms with Crippen molar-refractivity contribution in [2.45, 2.75) is 81.7 Å². The van der Waals surface area contributed by atoms with E-state index in [1.165, 1.54) is 38.5 Å². The van der Waals surface area contributed by atoms with Crippen LogP contribution in [0.25, 0.3) is 17.3 Å². The lowest BCUT2D eigenvalue weighted by molar-refractivity contribution is 0.362. The van der Waals surface area contributed by atoms with Crippen LogP contribution in [0.4, 0.5) is 0 Å². The molecular formula is C34H60N8O5S. The van der Waals surface area contributed by atoms with Crippen LogP contribution in [0.2, 0.25) is 0 Å². The molecule has 0 amide bonds. The molecule has 14 heteroatoms. The molecule has 0 saturated heterocycles. The Kier molecular flexibility index (Phi) is 24.5. The Balaban J connectivity index is 0. The molecule has 0 fully saturated rings. The van der Waals surface area contributed by atoms with E-state index in [1.54, 1.807) is 13.0 Å². The van der Waals surface area contributed by atoms with Crippen molar-refractivity contribution in [3.8, 4) is 11.5 Å².